The summed E-state index contributed by atoms with van der Waals surface area (Å²) in [7, 11) is -3.88. The van der Waals surface area contributed by atoms with Crippen molar-refractivity contribution in [2.75, 3.05) is 13.2 Å². The number of rotatable bonds is 5. The summed E-state index contributed by atoms with van der Waals surface area (Å²) < 4.78 is 29.7. The smallest absolute Gasteiger partial charge is 0.258 e. The molecule has 0 aliphatic carbocycles. The first-order valence-corrected chi connectivity index (χ1v) is 9.15. The molecule has 6 nitrogen and oxygen atoms in total. The monoisotopic (exact) mass is 383 g/mol. The Labute approximate surface area is 144 Å². The van der Waals surface area contributed by atoms with E-state index in [0.717, 1.165) is 19.4 Å². The minimum absolute atomic E-state index is 0.0666. The van der Waals surface area contributed by atoms with Crippen LogP contribution in [0.25, 0.3) is 0 Å². The molecule has 0 saturated carbocycles. The van der Waals surface area contributed by atoms with Gasteiger partial charge < -0.3 is 10.1 Å². The molecule has 22 heavy (non-hydrogen) atoms. The van der Waals surface area contributed by atoms with Crippen molar-refractivity contribution in [1.82, 2.24) is 15.6 Å². The molecule has 1 atom stereocenters. The van der Waals surface area contributed by atoms with E-state index in [2.05, 4.69) is 15.6 Å². The maximum absolute atomic E-state index is 12.1. The van der Waals surface area contributed by atoms with Gasteiger partial charge in [0.1, 0.15) is 4.90 Å². The summed E-state index contributed by atoms with van der Waals surface area (Å²) in [6.45, 7) is 1.26. The molecule has 0 unspecified atom stereocenters. The van der Waals surface area contributed by atoms with Crippen LogP contribution < -0.4 is 15.6 Å². The summed E-state index contributed by atoms with van der Waals surface area (Å²) in [6, 6.07) is 4.17. The molecule has 0 amide bonds. The van der Waals surface area contributed by atoms with Crippen LogP contribution in [0.15, 0.2) is 23.1 Å². The highest BCUT2D eigenvalue weighted by Gasteiger charge is 2.19. The summed E-state index contributed by atoms with van der Waals surface area (Å²) in [5.74, 6) is 0. The molecule has 0 radical (unpaired) electrons. The quantitative estimate of drug-likeness (QED) is 0.531. The summed E-state index contributed by atoms with van der Waals surface area (Å²) in [5, 5.41) is 3.37. The van der Waals surface area contributed by atoms with Crippen LogP contribution in [0.2, 0.25) is 10.0 Å². The van der Waals surface area contributed by atoms with Crippen molar-refractivity contribution in [3.05, 3.63) is 28.2 Å². The van der Waals surface area contributed by atoms with Crippen LogP contribution >= 0.6 is 35.4 Å². The summed E-state index contributed by atoms with van der Waals surface area (Å²) >= 11 is 16.7. The van der Waals surface area contributed by atoms with Gasteiger partial charge in [-0.3, -0.25) is 5.43 Å². The molecule has 0 spiro atoms. The lowest BCUT2D eigenvalue weighted by Gasteiger charge is -2.15. The van der Waals surface area contributed by atoms with Crippen LogP contribution in [0.1, 0.15) is 12.8 Å². The topological polar surface area (TPSA) is 79.5 Å². The highest BCUT2D eigenvalue weighted by Crippen LogP contribution is 2.24. The van der Waals surface area contributed by atoms with Gasteiger partial charge >= 0.3 is 0 Å². The largest absolute Gasteiger partial charge is 0.376 e. The molecular weight excluding hydrogens is 369 g/mol. The van der Waals surface area contributed by atoms with E-state index < -0.39 is 10.0 Å². The fourth-order valence-electron chi connectivity index (χ4n) is 1.91. The first kappa shape index (κ1) is 17.7. The molecule has 1 fully saturated rings. The Morgan fingerprint density at radius 2 is 2.18 bits per heavy atom. The molecular formula is C12H15Cl2N3O3S2. The number of thiocarbonyl (C=S) groups is 1. The Morgan fingerprint density at radius 3 is 2.86 bits per heavy atom. The van der Waals surface area contributed by atoms with Crippen LogP contribution in [0.4, 0.5) is 0 Å². The number of halogens is 2. The second-order valence-electron chi connectivity index (χ2n) is 4.65. The average Bonchev–Trinajstić information content (AvgIpc) is 2.99. The summed E-state index contributed by atoms with van der Waals surface area (Å²) in [5.41, 5.74) is 2.42. The maximum atomic E-state index is 12.1. The van der Waals surface area contributed by atoms with Crippen molar-refractivity contribution in [3.8, 4) is 0 Å². The number of hydrogen-bond donors (Lipinski definition) is 3. The molecule has 122 valence electrons. The predicted octanol–water partition coefficient (Wildman–Crippen LogP) is 1.83. The van der Waals surface area contributed by atoms with Crippen LogP contribution in [-0.2, 0) is 14.8 Å². The zero-order valence-electron chi connectivity index (χ0n) is 11.4. The van der Waals surface area contributed by atoms with Gasteiger partial charge in [-0.05, 0) is 43.3 Å². The lowest BCUT2D eigenvalue weighted by molar-refractivity contribution is 0.114. The van der Waals surface area contributed by atoms with Crippen molar-refractivity contribution in [3.63, 3.8) is 0 Å². The minimum atomic E-state index is -3.88. The standard InChI is InChI=1S/C12H15Cl2N3O3S2/c13-8-3-4-10(14)11(6-8)22(18,19)17-16-12(21)15-7-9-2-1-5-20-9/h3-4,6,9,17H,1-2,5,7H2,(H2,15,16,21)/t9-/m0/s1. The van der Waals surface area contributed by atoms with E-state index in [1.165, 1.54) is 18.2 Å². The van der Waals surface area contributed by atoms with Gasteiger partial charge in [0.2, 0.25) is 0 Å². The van der Waals surface area contributed by atoms with Crippen molar-refractivity contribution in [2.45, 2.75) is 23.8 Å². The third-order valence-electron chi connectivity index (χ3n) is 3.00. The Morgan fingerprint density at radius 1 is 1.41 bits per heavy atom. The normalized spacial score (nSPS) is 18.2. The van der Waals surface area contributed by atoms with Crippen LogP contribution in [0.3, 0.4) is 0 Å². The Bertz CT molecular complexity index is 649. The van der Waals surface area contributed by atoms with E-state index in [1.54, 1.807) is 0 Å². The minimum Gasteiger partial charge on any atom is -0.376 e. The van der Waals surface area contributed by atoms with E-state index >= 15 is 0 Å². The van der Waals surface area contributed by atoms with Gasteiger partial charge in [-0.2, -0.15) is 0 Å². The molecule has 3 N–H and O–H groups in total. The second kappa shape index (κ2) is 7.76. The lowest BCUT2D eigenvalue weighted by atomic mass is 10.2. The maximum Gasteiger partial charge on any atom is 0.258 e. The highest BCUT2D eigenvalue weighted by atomic mass is 35.5. The van der Waals surface area contributed by atoms with E-state index in [9.17, 15) is 8.42 Å². The molecule has 1 aliphatic rings. The lowest BCUT2D eigenvalue weighted by Crippen LogP contribution is -2.48. The number of sulfonamides is 1. The van der Waals surface area contributed by atoms with Crippen molar-refractivity contribution < 1.29 is 13.2 Å². The first-order chi connectivity index (χ1) is 10.4. The van der Waals surface area contributed by atoms with Gasteiger partial charge in [-0.1, -0.05) is 23.2 Å². The Hall–Kier alpha value is -0.640. The average molecular weight is 384 g/mol. The molecule has 0 aromatic heterocycles. The molecule has 0 bridgehead atoms. The zero-order valence-corrected chi connectivity index (χ0v) is 14.6. The molecule has 10 heteroatoms. The van der Waals surface area contributed by atoms with Crippen LogP contribution in [0, 0.1) is 0 Å². The van der Waals surface area contributed by atoms with Crippen molar-refractivity contribution in [2.24, 2.45) is 0 Å². The number of hydrogen-bond acceptors (Lipinski definition) is 4. The number of hydrazine groups is 1. The van der Waals surface area contributed by atoms with Gasteiger partial charge in [-0.25, -0.2) is 8.42 Å². The van der Waals surface area contributed by atoms with Gasteiger partial charge in [0.15, 0.2) is 5.11 Å². The van der Waals surface area contributed by atoms with Crippen molar-refractivity contribution >= 4 is 50.6 Å². The summed E-state index contributed by atoms with van der Waals surface area (Å²) in [6.07, 6.45) is 2.07. The second-order valence-corrected chi connectivity index (χ2v) is 7.55. The molecule has 1 aromatic carbocycles. The third kappa shape index (κ3) is 4.94. The van der Waals surface area contributed by atoms with E-state index in [1.807, 2.05) is 0 Å². The van der Waals surface area contributed by atoms with Gasteiger partial charge in [-0.15, -0.1) is 4.83 Å². The van der Waals surface area contributed by atoms with Gasteiger partial charge in [0, 0.05) is 18.2 Å². The predicted molar refractivity (Wildman–Crippen MR) is 89.5 cm³/mol. The number of nitrogens with one attached hydrogen (secondary N) is 3. The number of ether oxygens (including phenoxy) is 1. The summed E-state index contributed by atoms with van der Waals surface area (Å²) in [4.78, 5) is 2.02. The van der Waals surface area contributed by atoms with Crippen molar-refractivity contribution in [1.29, 1.82) is 0 Å². The molecule has 1 saturated heterocycles. The van der Waals surface area contributed by atoms with E-state index in [-0.39, 0.29) is 26.2 Å². The fourth-order valence-corrected chi connectivity index (χ4v) is 3.72. The van der Waals surface area contributed by atoms with Crippen LogP contribution in [0.5, 0.6) is 0 Å². The zero-order chi connectivity index (χ0) is 16.2. The van der Waals surface area contributed by atoms with E-state index in [4.69, 9.17) is 40.2 Å². The molecule has 1 aliphatic heterocycles. The fraction of sp³-hybridized carbons (Fsp3) is 0.417. The van der Waals surface area contributed by atoms with E-state index in [0.29, 0.717) is 6.54 Å². The SMILES string of the molecule is O=S(=O)(NNC(=S)NC[C@@H]1CCCO1)c1cc(Cl)ccc1Cl. The number of benzene rings is 1. The van der Waals surface area contributed by atoms with Gasteiger partial charge in [0.25, 0.3) is 10.0 Å². The van der Waals surface area contributed by atoms with Gasteiger partial charge in [0.05, 0.1) is 11.1 Å². The Balaban J connectivity index is 1.88. The Kier molecular flexibility index (Phi) is 6.25. The van der Waals surface area contributed by atoms with Crippen LogP contribution in [-0.4, -0.2) is 32.8 Å². The molecule has 1 heterocycles. The first-order valence-electron chi connectivity index (χ1n) is 6.51. The molecule has 1 aromatic rings. The highest BCUT2D eigenvalue weighted by molar-refractivity contribution is 7.89. The third-order valence-corrected chi connectivity index (χ3v) is 5.21. The molecule has 2 rings (SSSR count).